The number of carbonyl (C=O) groups is 1. The zero-order valence-corrected chi connectivity index (χ0v) is 17.6. The SMILES string of the molecule is CCCc1cc(N2CCC[C@H](C(=O)Nc3ccc4c(c3)OCCO4)C2)n2ncnc2n1. The van der Waals surface area contributed by atoms with E-state index in [2.05, 4.69) is 38.3 Å². The number of aryl methyl sites for hydroxylation is 1. The number of nitrogens with one attached hydrogen (secondary N) is 1. The number of anilines is 2. The molecule has 2 aliphatic rings. The van der Waals surface area contributed by atoms with Gasteiger partial charge in [0.15, 0.2) is 11.5 Å². The van der Waals surface area contributed by atoms with Crippen LogP contribution in [-0.2, 0) is 11.2 Å². The van der Waals surface area contributed by atoms with Gasteiger partial charge in [-0.2, -0.15) is 14.6 Å². The predicted octanol–water partition coefficient (Wildman–Crippen LogP) is 2.70. The zero-order chi connectivity index (χ0) is 21.2. The summed E-state index contributed by atoms with van der Waals surface area (Å²) in [5.41, 5.74) is 1.72. The molecule has 1 amide bonds. The minimum atomic E-state index is -0.122. The molecule has 3 aromatic rings. The summed E-state index contributed by atoms with van der Waals surface area (Å²) in [6.07, 6.45) is 5.20. The van der Waals surface area contributed by atoms with Gasteiger partial charge in [-0.05, 0) is 31.4 Å². The zero-order valence-electron chi connectivity index (χ0n) is 17.6. The smallest absolute Gasteiger partial charge is 0.254 e. The lowest BCUT2D eigenvalue weighted by atomic mass is 9.97. The Kier molecular flexibility index (Phi) is 5.31. The van der Waals surface area contributed by atoms with E-state index < -0.39 is 0 Å². The molecule has 31 heavy (non-hydrogen) atoms. The molecule has 0 spiro atoms. The van der Waals surface area contributed by atoms with Gasteiger partial charge in [0.25, 0.3) is 5.78 Å². The number of aromatic nitrogens is 4. The quantitative estimate of drug-likeness (QED) is 0.676. The van der Waals surface area contributed by atoms with E-state index in [9.17, 15) is 4.79 Å². The summed E-state index contributed by atoms with van der Waals surface area (Å²) in [6.45, 7) is 4.70. The first kappa shape index (κ1) is 19.6. The second-order valence-corrected chi connectivity index (χ2v) is 7.96. The van der Waals surface area contributed by atoms with Gasteiger partial charge in [-0.15, -0.1) is 0 Å². The first-order chi connectivity index (χ1) is 15.2. The largest absolute Gasteiger partial charge is 0.486 e. The molecule has 9 nitrogen and oxygen atoms in total. The third-order valence-corrected chi connectivity index (χ3v) is 5.72. The summed E-state index contributed by atoms with van der Waals surface area (Å²) in [5.74, 6) is 2.82. The molecule has 4 heterocycles. The van der Waals surface area contributed by atoms with E-state index >= 15 is 0 Å². The second kappa shape index (κ2) is 8.41. The predicted molar refractivity (Wildman–Crippen MR) is 116 cm³/mol. The van der Waals surface area contributed by atoms with Crippen molar-refractivity contribution >= 4 is 23.2 Å². The second-order valence-electron chi connectivity index (χ2n) is 7.96. The fourth-order valence-corrected chi connectivity index (χ4v) is 4.22. The van der Waals surface area contributed by atoms with Crippen LogP contribution in [0.4, 0.5) is 11.5 Å². The van der Waals surface area contributed by atoms with Gasteiger partial charge in [-0.3, -0.25) is 4.79 Å². The summed E-state index contributed by atoms with van der Waals surface area (Å²) < 4.78 is 12.9. The molecule has 1 N–H and O–H groups in total. The fourth-order valence-electron chi connectivity index (χ4n) is 4.22. The van der Waals surface area contributed by atoms with Gasteiger partial charge < -0.3 is 19.7 Å². The van der Waals surface area contributed by atoms with Crippen LogP contribution >= 0.6 is 0 Å². The summed E-state index contributed by atoms with van der Waals surface area (Å²) in [7, 11) is 0. The molecule has 0 radical (unpaired) electrons. The molecular formula is C22H26N6O3. The molecule has 1 fully saturated rings. The molecule has 2 aliphatic heterocycles. The molecule has 9 heteroatoms. The van der Waals surface area contributed by atoms with Crippen molar-refractivity contribution < 1.29 is 14.3 Å². The molecule has 0 saturated carbocycles. The van der Waals surface area contributed by atoms with Gasteiger partial charge in [-0.25, -0.2) is 4.98 Å². The highest BCUT2D eigenvalue weighted by Gasteiger charge is 2.28. The van der Waals surface area contributed by atoms with Gasteiger partial charge in [-0.1, -0.05) is 13.3 Å². The maximum Gasteiger partial charge on any atom is 0.254 e. The van der Waals surface area contributed by atoms with E-state index in [0.717, 1.165) is 49.4 Å². The normalized spacial score (nSPS) is 18.2. The van der Waals surface area contributed by atoms with Gasteiger partial charge in [0, 0.05) is 36.6 Å². The lowest BCUT2D eigenvalue weighted by Crippen LogP contribution is -2.41. The van der Waals surface area contributed by atoms with Crippen LogP contribution in [-0.4, -0.2) is 51.8 Å². The molecule has 1 saturated heterocycles. The van der Waals surface area contributed by atoms with Crippen LogP contribution in [0.5, 0.6) is 11.5 Å². The molecule has 162 valence electrons. The lowest BCUT2D eigenvalue weighted by Gasteiger charge is -2.33. The van der Waals surface area contributed by atoms with Crippen molar-refractivity contribution in [3.05, 3.63) is 36.3 Å². The number of nitrogens with zero attached hydrogens (tertiary/aromatic N) is 5. The highest BCUT2D eigenvalue weighted by atomic mass is 16.6. The number of ether oxygens (including phenoxy) is 2. The van der Waals surface area contributed by atoms with E-state index in [1.807, 2.05) is 18.2 Å². The number of hydrogen-bond donors (Lipinski definition) is 1. The molecule has 1 aromatic carbocycles. The summed E-state index contributed by atoms with van der Waals surface area (Å²) in [5, 5.41) is 7.40. The number of hydrogen-bond acceptors (Lipinski definition) is 7. The van der Waals surface area contributed by atoms with E-state index in [0.29, 0.717) is 37.0 Å². The van der Waals surface area contributed by atoms with Gasteiger partial charge in [0.2, 0.25) is 5.91 Å². The van der Waals surface area contributed by atoms with Crippen LogP contribution in [0.2, 0.25) is 0 Å². The Labute approximate surface area is 180 Å². The van der Waals surface area contributed by atoms with Crippen LogP contribution in [0.15, 0.2) is 30.6 Å². The van der Waals surface area contributed by atoms with Crippen LogP contribution in [0.25, 0.3) is 5.78 Å². The number of benzene rings is 1. The van der Waals surface area contributed by atoms with Crippen molar-refractivity contribution in [3.8, 4) is 11.5 Å². The Bertz CT molecular complexity index is 1100. The standard InChI is InChI=1S/C22H26N6O3/c1-2-4-16-12-20(28-22(26-16)23-14-24-28)27-8-3-5-15(13-27)21(29)25-17-6-7-18-19(11-17)31-10-9-30-18/h6-7,11-12,14-15H,2-5,8-10,13H2,1H3,(H,25,29)/t15-/m0/s1. The van der Waals surface area contributed by atoms with E-state index in [4.69, 9.17) is 9.47 Å². The number of fused-ring (bicyclic) bond motifs is 2. The third-order valence-electron chi connectivity index (χ3n) is 5.72. The van der Waals surface area contributed by atoms with Crippen molar-refractivity contribution in [3.63, 3.8) is 0 Å². The lowest BCUT2D eigenvalue weighted by molar-refractivity contribution is -0.120. The first-order valence-electron chi connectivity index (χ1n) is 10.9. The summed E-state index contributed by atoms with van der Waals surface area (Å²) in [4.78, 5) is 24.1. The summed E-state index contributed by atoms with van der Waals surface area (Å²) in [6, 6.07) is 7.59. The Hall–Kier alpha value is -3.36. The monoisotopic (exact) mass is 422 g/mol. The van der Waals surface area contributed by atoms with Gasteiger partial charge in [0.05, 0.1) is 5.92 Å². The maximum atomic E-state index is 13.0. The van der Waals surface area contributed by atoms with Crippen LogP contribution < -0.4 is 19.7 Å². The van der Waals surface area contributed by atoms with Crippen molar-refractivity contribution in [2.45, 2.75) is 32.6 Å². The average Bonchev–Trinajstić information content (AvgIpc) is 3.27. The number of piperidine rings is 1. The average molecular weight is 422 g/mol. The molecule has 0 bridgehead atoms. The maximum absolute atomic E-state index is 13.0. The van der Waals surface area contributed by atoms with Crippen molar-refractivity contribution in [1.29, 1.82) is 0 Å². The molecule has 1 atom stereocenters. The number of carbonyl (C=O) groups excluding carboxylic acids is 1. The Morgan fingerprint density at radius 2 is 2.10 bits per heavy atom. The molecule has 5 rings (SSSR count). The Morgan fingerprint density at radius 3 is 2.97 bits per heavy atom. The van der Waals surface area contributed by atoms with Crippen LogP contribution in [0.1, 0.15) is 31.9 Å². The molecule has 0 aliphatic carbocycles. The topological polar surface area (TPSA) is 93.9 Å². The van der Waals surface area contributed by atoms with Gasteiger partial charge >= 0.3 is 0 Å². The van der Waals surface area contributed by atoms with Crippen molar-refractivity contribution in [1.82, 2.24) is 19.6 Å². The van der Waals surface area contributed by atoms with E-state index in [-0.39, 0.29) is 11.8 Å². The van der Waals surface area contributed by atoms with Crippen LogP contribution in [0, 0.1) is 5.92 Å². The van der Waals surface area contributed by atoms with Crippen molar-refractivity contribution in [2.75, 3.05) is 36.5 Å². The van der Waals surface area contributed by atoms with Crippen LogP contribution in [0.3, 0.4) is 0 Å². The molecular weight excluding hydrogens is 396 g/mol. The number of amides is 1. The Morgan fingerprint density at radius 1 is 1.23 bits per heavy atom. The third kappa shape index (κ3) is 3.99. The highest BCUT2D eigenvalue weighted by molar-refractivity contribution is 5.93. The fraction of sp³-hybridized carbons (Fsp3) is 0.455. The first-order valence-corrected chi connectivity index (χ1v) is 10.9. The van der Waals surface area contributed by atoms with Gasteiger partial charge in [0.1, 0.15) is 25.4 Å². The summed E-state index contributed by atoms with van der Waals surface area (Å²) >= 11 is 0. The minimum absolute atomic E-state index is 0.0130. The van der Waals surface area contributed by atoms with Crippen molar-refractivity contribution in [2.24, 2.45) is 5.92 Å². The van der Waals surface area contributed by atoms with E-state index in [1.165, 1.54) is 6.33 Å². The molecule has 0 unspecified atom stereocenters. The molecule has 2 aromatic heterocycles. The number of rotatable bonds is 5. The Balaban J connectivity index is 1.33. The highest BCUT2D eigenvalue weighted by Crippen LogP contribution is 2.33. The van der Waals surface area contributed by atoms with E-state index in [1.54, 1.807) is 4.52 Å². The minimum Gasteiger partial charge on any atom is -0.486 e.